The molecule has 1 saturated heterocycles. The quantitative estimate of drug-likeness (QED) is 0.732. The minimum absolute atomic E-state index is 0.130. The second kappa shape index (κ2) is 7.38. The molecule has 1 atom stereocenters. The van der Waals surface area contributed by atoms with Gasteiger partial charge in [-0.3, -0.25) is 4.79 Å². The van der Waals surface area contributed by atoms with Crippen LogP contribution in [0.3, 0.4) is 0 Å². The second-order valence-electron chi connectivity index (χ2n) is 7.96. The van der Waals surface area contributed by atoms with E-state index in [0.717, 1.165) is 5.01 Å². The lowest BCUT2D eigenvalue weighted by atomic mass is 10.0. The number of rotatable bonds is 1. The molecule has 8 heteroatoms. The monoisotopic (exact) mass is 343 g/mol. The van der Waals surface area contributed by atoms with E-state index in [0.29, 0.717) is 19.5 Å². The number of nitrogens with zero attached hydrogens (tertiary/aromatic N) is 2. The fourth-order valence-corrected chi connectivity index (χ4v) is 2.14. The molecule has 1 N–H and O–H groups in total. The van der Waals surface area contributed by atoms with Crippen LogP contribution in [0.25, 0.3) is 0 Å². The summed E-state index contributed by atoms with van der Waals surface area (Å²) in [6.07, 6.45) is -1.30. The Labute approximate surface area is 143 Å². The van der Waals surface area contributed by atoms with Gasteiger partial charge in [-0.25, -0.2) is 20.0 Å². The largest absolute Gasteiger partial charge is 0.443 e. The van der Waals surface area contributed by atoms with Gasteiger partial charge in [0, 0.05) is 19.5 Å². The van der Waals surface area contributed by atoms with Crippen LogP contribution in [0.1, 0.15) is 48.0 Å². The van der Waals surface area contributed by atoms with E-state index in [1.165, 1.54) is 0 Å². The average Bonchev–Trinajstić information content (AvgIpc) is 2.35. The highest BCUT2D eigenvalue weighted by atomic mass is 16.6. The third-order valence-corrected chi connectivity index (χ3v) is 3.11. The first-order chi connectivity index (χ1) is 10.8. The van der Waals surface area contributed by atoms with E-state index in [-0.39, 0.29) is 5.78 Å². The summed E-state index contributed by atoms with van der Waals surface area (Å²) in [5.74, 6) is -0.130. The van der Waals surface area contributed by atoms with E-state index < -0.39 is 29.4 Å². The summed E-state index contributed by atoms with van der Waals surface area (Å²) in [4.78, 5) is 38.7. The Morgan fingerprint density at radius 1 is 1.12 bits per heavy atom. The van der Waals surface area contributed by atoms with Crippen molar-refractivity contribution in [2.24, 2.45) is 0 Å². The lowest BCUT2D eigenvalue weighted by molar-refractivity contribution is -0.128. The molecule has 0 aliphatic carbocycles. The first-order valence-electron chi connectivity index (χ1n) is 8.01. The van der Waals surface area contributed by atoms with Gasteiger partial charge in [-0.15, -0.1) is 0 Å². The molecule has 0 aromatic rings. The van der Waals surface area contributed by atoms with Crippen molar-refractivity contribution in [1.29, 1.82) is 0 Å². The van der Waals surface area contributed by atoms with Crippen molar-refractivity contribution < 1.29 is 23.9 Å². The van der Waals surface area contributed by atoms with Crippen LogP contribution in [0.4, 0.5) is 9.59 Å². The molecule has 1 aliphatic heterocycles. The molecule has 1 fully saturated rings. The standard InChI is InChI=1S/C16H29N3O5/c1-15(2,3)23-13(21)17-19(14(22)24-16(4,5)6)11-10-18(7)9-8-12(11)20/h11H,8-10H2,1-7H3,(H,17,21). The zero-order valence-electron chi connectivity index (χ0n) is 15.6. The van der Waals surface area contributed by atoms with E-state index in [1.54, 1.807) is 41.5 Å². The van der Waals surface area contributed by atoms with E-state index in [2.05, 4.69) is 5.43 Å². The molecular weight excluding hydrogens is 314 g/mol. The Bertz CT molecular complexity index is 493. The fraction of sp³-hybridized carbons (Fsp3) is 0.812. The minimum atomic E-state index is -0.814. The highest BCUT2D eigenvalue weighted by molar-refractivity contribution is 5.89. The van der Waals surface area contributed by atoms with Gasteiger partial charge in [0.2, 0.25) is 0 Å². The summed E-state index contributed by atoms with van der Waals surface area (Å²) in [5, 5.41) is 0.942. The number of hydrogen-bond donors (Lipinski definition) is 1. The molecule has 0 aromatic heterocycles. The van der Waals surface area contributed by atoms with Crippen LogP contribution in [-0.4, -0.2) is 65.3 Å². The van der Waals surface area contributed by atoms with Crippen molar-refractivity contribution in [3.05, 3.63) is 0 Å². The van der Waals surface area contributed by atoms with Crippen LogP contribution in [-0.2, 0) is 14.3 Å². The van der Waals surface area contributed by atoms with E-state index in [1.807, 2.05) is 11.9 Å². The van der Waals surface area contributed by atoms with Crippen molar-refractivity contribution in [1.82, 2.24) is 15.3 Å². The van der Waals surface area contributed by atoms with Gasteiger partial charge >= 0.3 is 12.2 Å². The van der Waals surface area contributed by atoms with Crippen molar-refractivity contribution in [2.75, 3.05) is 20.1 Å². The zero-order valence-corrected chi connectivity index (χ0v) is 15.6. The molecule has 1 aliphatic rings. The molecule has 0 saturated carbocycles. The second-order valence-corrected chi connectivity index (χ2v) is 7.96. The van der Waals surface area contributed by atoms with Crippen molar-refractivity contribution in [3.63, 3.8) is 0 Å². The molecule has 138 valence electrons. The SMILES string of the molecule is CN1CCC(=O)C(N(NC(=O)OC(C)(C)C)C(=O)OC(C)(C)C)C1. The maximum atomic E-state index is 12.5. The molecule has 2 amide bonds. The summed E-state index contributed by atoms with van der Waals surface area (Å²) in [5.41, 5.74) is 0.886. The predicted molar refractivity (Wildman–Crippen MR) is 88.4 cm³/mol. The summed E-state index contributed by atoms with van der Waals surface area (Å²) < 4.78 is 10.5. The van der Waals surface area contributed by atoms with E-state index >= 15 is 0 Å². The third kappa shape index (κ3) is 6.74. The predicted octanol–water partition coefficient (Wildman–Crippen LogP) is 1.94. The normalized spacial score (nSPS) is 19.6. The summed E-state index contributed by atoms with van der Waals surface area (Å²) in [6, 6.07) is -0.814. The highest BCUT2D eigenvalue weighted by Crippen LogP contribution is 2.16. The molecule has 0 aromatic carbocycles. The van der Waals surface area contributed by atoms with Gasteiger partial charge in [0.25, 0.3) is 0 Å². The van der Waals surface area contributed by atoms with E-state index in [9.17, 15) is 14.4 Å². The number of nitrogens with one attached hydrogen (secondary N) is 1. The minimum Gasteiger partial charge on any atom is -0.443 e. The number of amides is 2. The Morgan fingerprint density at radius 3 is 2.17 bits per heavy atom. The first kappa shape index (κ1) is 20.2. The van der Waals surface area contributed by atoms with Crippen molar-refractivity contribution in [2.45, 2.75) is 65.2 Å². The molecule has 0 spiro atoms. The molecule has 0 bridgehead atoms. The number of carbonyl (C=O) groups excluding carboxylic acids is 3. The Balaban J connectivity index is 2.96. The Morgan fingerprint density at radius 2 is 1.67 bits per heavy atom. The lowest BCUT2D eigenvalue weighted by Crippen LogP contribution is -2.61. The maximum absolute atomic E-state index is 12.5. The number of carbonyl (C=O) groups is 3. The number of Topliss-reactive ketones (excluding diaryl/α,β-unsaturated/α-hetero) is 1. The maximum Gasteiger partial charge on any atom is 0.430 e. The molecule has 1 unspecified atom stereocenters. The Kier molecular flexibility index (Phi) is 6.21. The molecule has 24 heavy (non-hydrogen) atoms. The topological polar surface area (TPSA) is 88.2 Å². The van der Waals surface area contributed by atoms with E-state index in [4.69, 9.17) is 9.47 Å². The van der Waals surface area contributed by atoms with Crippen LogP contribution in [0.15, 0.2) is 0 Å². The van der Waals surface area contributed by atoms with Crippen LogP contribution in [0.5, 0.6) is 0 Å². The number of ketones is 1. The van der Waals surface area contributed by atoms with Gasteiger partial charge < -0.3 is 14.4 Å². The van der Waals surface area contributed by atoms with Gasteiger partial charge in [0.15, 0.2) is 5.78 Å². The zero-order chi connectivity index (χ0) is 18.7. The number of piperidine rings is 1. The van der Waals surface area contributed by atoms with Crippen LogP contribution in [0, 0.1) is 0 Å². The summed E-state index contributed by atoms with van der Waals surface area (Å²) in [6.45, 7) is 11.2. The fourth-order valence-electron chi connectivity index (χ4n) is 2.14. The number of hydrogen-bond acceptors (Lipinski definition) is 6. The summed E-state index contributed by atoms with van der Waals surface area (Å²) >= 11 is 0. The highest BCUT2D eigenvalue weighted by Gasteiger charge is 2.37. The van der Waals surface area contributed by atoms with Gasteiger partial charge in [-0.1, -0.05) is 0 Å². The number of ether oxygens (including phenoxy) is 2. The first-order valence-corrected chi connectivity index (χ1v) is 8.01. The Hall–Kier alpha value is -1.83. The average molecular weight is 343 g/mol. The smallest absolute Gasteiger partial charge is 0.430 e. The summed E-state index contributed by atoms with van der Waals surface area (Å²) in [7, 11) is 1.85. The molecule has 8 nitrogen and oxygen atoms in total. The third-order valence-electron chi connectivity index (χ3n) is 3.11. The van der Waals surface area contributed by atoms with Crippen LogP contribution in [0.2, 0.25) is 0 Å². The van der Waals surface area contributed by atoms with Crippen LogP contribution >= 0.6 is 0 Å². The molecular formula is C16H29N3O5. The number of hydrazine groups is 1. The van der Waals surface area contributed by atoms with Gasteiger partial charge in [0.1, 0.15) is 17.2 Å². The van der Waals surface area contributed by atoms with Crippen molar-refractivity contribution >= 4 is 18.0 Å². The van der Waals surface area contributed by atoms with Gasteiger partial charge in [0.05, 0.1) is 0 Å². The lowest BCUT2D eigenvalue weighted by Gasteiger charge is -2.37. The van der Waals surface area contributed by atoms with Crippen molar-refractivity contribution in [3.8, 4) is 0 Å². The van der Waals surface area contributed by atoms with Gasteiger partial charge in [-0.2, -0.15) is 0 Å². The molecule has 0 radical (unpaired) electrons. The molecule has 1 heterocycles. The van der Waals surface area contributed by atoms with Gasteiger partial charge in [-0.05, 0) is 48.6 Å². The number of likely N-dealkylation sites (tertiary alicyclic amines) is 1. The molecule has 1 rings (SSSR count). The van der Waals surface area contributed by atoms with Crippen LogP contribution < -0.4 is 5.43 Å². The number of likely N-dealkylation sites (N-methyl/N-ethyl adjacent to an activating group) is 1.